The number of ketones is 1. The molecule has 0 bridgehead atoms. The summed E-state index contributed by atoms with van der Waals surface area (Å²) in [6.45, 7) is 0. The van der Waals surface area contributed by atoms with E-state index in [1.165, 1.54) is 12.8 Å². The van der Waals surface area contributed by atoms with Crippen molar-refractivity contribution in [2.45, 2.75) is 25.7 Å². The third kappa shape index (κ3) is 2.82. The number of halogens is 1. The Kier molecular flexibility index (Phi) is 3.94. The Morgan fingerprint density at radius 2 is 1.94 bits per heavy atom. The third-order valence-corrected chi connectivity index (χ3v) is 3.81. The Balaban J connectivity index is 2.03. The Hall–Kier alpha value is -0.890. The SMILES string of the molecule is O=C(C=Cc1ccccc1Br)C1CCCC1. The molecule has 0 unspecified atom stereocenters. The monoisotopic (exact) mass is 278 g/mol. The highest BCUT2D eigenvalue weighted by Gasteiger charge is 2.20. The van der Waals surface area contributed by atoms with Crippen LogP contribution >= 0.6 is 15.9 Å². The molecule has 0 aliphatic heterocycles. The molecule has 1 aliphatic rings. The molecule has 0 heterocycles. The van der Waals surface area contributed by atoms with E-state index >= 15 is 0 Å². The number of hydrogen-bond donors (Lipinski definition) is 0. The normalized spacial score (nSPS) is 17.1. The molecule has 1 saturated carbocycles. The van der Waals surface area contributed by atoms with E-state index in [-0.39, 0.29) is 11.7 Å². The molecule has 0 saturated heterocycles. The molecular formula is C14H15BrO. The highest BCUT2D eigenvalue weighted by atomic mass is 79.9. The molecule has 0 aromatic heterocycles. The van der Waals surface area contributed by atoms with Gasteiger partial charge in [0.25, 0.3) is 0 Å². The van der Waals surface area contributed by atoms with E-state index in [0.29, 0.717) is 0 Å². The molecule has 1 nitrogen and oxygen atoms in total. The van der Waals surface area contributed by atoms with Gasteiger partial charge in [0, 0.05) is 10.4 Å². The maximum absolute atomic E-state index is 11.8. The Labute approximate surface area is 105 Å². The summed E-state index contributed by atoms with van der Waals surface area (Å²) < 4.78 is 1.03. The Bertz CT molecular complexity index is 403. The minimum atomic E-state index is 0.277. The molecule has 0 N–H and O–H groups in total. The van der Waals surface area contributed by atoms with Gasteiger partial charge in [0.1, 0.15) is 0 Å². The fourth-order valence-corrected chi connectivity index (χ4v) is 2.55. The van der Waals surface area contributed by atoms with E-state index in [1.807, 2.05) is 30.3 Å². The van der Waals surface area contributed by atoms with Gasteiger partial charge in [0.05, 0.1) is 0 Å². The second kappa shape index (κ2) is 5.44. The lowest BCUT2D eigenvalue weighted by atomic mass is 10.0. The van der Waals surface area contributed by atoms with Gasteiger partial charge in [-0.15, -0.1) is 0 Å². The zero-order valence-electron chi connectivity index (χ0n) is 9.16. The van der Waals surface area contributed by atoms with Crippen molar-refractivity contribution < 1.29 is 4.79 Å². The summed E-state index contributed by atoms with van der Waals surface area (Å²) in [5, 5.41) is 0. The second-order valence-corrected chi connectivity index (χ2v) is 5.09. The van der Waals surface area contributed by atoms with E-state index in [9.17, 15) is 4.79 Å². The number of carbonyl (C=O) groups is 1. The van der Waals surface area contributed by atoms with Crippen LogP contribution in [0.1, 0.15) is 31.2 Å². The summed E-state index contributed by atoms with van der Waals surface area (Å²) in [6.07, 6.45) is 8.19. The van der Waals surface area contributed by atoms with Gasteiger partial charge in [-0.25, -0.2) is 0 Å². The van der Waals surface area contributed by atoms with Gasteiger partial charge < -0.3 is 0 Å². The molecule has 2 heteroatoms. The van der Waals surface area contributed by atoms with Crippen LogP contribution in [0, 0.1) is 5.92 Å². The minimum absolute atomic E-state index is 0.277. The summed E-state index contributed by atoms with van der Waals surface area (Å²) in [5.41, 5.74) is 1.06. The second-order valence-electron chi connectivity index (χ2n) is 4.24. The van der Waals surface area contributed by atoms with Crippen molar-refractivity contribution in [2.24, 2.45) is 5.92 Å². The topological polar surface area (TPSA) is 17.1 Å². The summed E-state index contributed by atoms with van der Waals surface area (Å²) in [6, 6.07) is 7.94. The summed E-state index contributed by atoms with van der Waals surface area (Å²) in [4.78, 5) is 11.8. The predicted octanol–water partition coefficient (Wildman–Crippen LogP) is 4.22. The highest BCUT2D eigenvalue weighted by molar-refractivity contribution is 9.10. The van der Waals surface area contributed by atoms with Crippen LogP contribution in [-0.2, 0) is 4.79 Å². The molecule has 0 spiro atoms. The van der Waals surface area contributed by atoms with Crippen LogP contribution in [0.5, 0.6) is 0 Å². The number of carbonyl (C=O) groups excluding carboxylic acids is 1. The van der Waals surface area contributed by atoms with Crippen LogP contribution < -0.4 is 0 Å². The predicted molar refractivity (Wildman–Crippen MR) is 70.1 cm³/mol. The van der Waals surface area contributed by atoms with Crippen molar-refractivity contribution in [3.05, 3.63) is 40.4 Å². The first-order valence-electron chi connectivity index (χ1n) is 5.74. The van der Waals surface area contributed by atoms with Crippen molar-refractivity contribution in [2.75, 3.05) is 0 Å². The molecule has 84 valence electrons. The fraction of sp³-hybridized carbons (Fsp3) is 0.357. The van der Waals surface area contributed by atoms with Gasteiger partial charge in [0.2, 0.25) is 0 Å². The number of hydrogen-bond acceptors (Lipinski definition) is 1. The van der Waals surface area contributed by atoms with E-state index in [2.05, 4.69) is 15.9 Å². The van der Waals surface area contributed by atoms with Crippen LogP contribution in [0.4, 0.5) is 0 Å². The van der Waals surface area contributed by atoms with Crippen molar-refractivity contribution >= 4 is 27.8 Å². The van der Waals surface area contributed by atoms with Crippen LogP contribution in [-0.4, -0.2) is 5.78 Å². The minimum Gasteiger partial charge on any atom is -0.295 e. The molecule has 1 aliphatic carbocycles. The maximum atomic E-state index is 11.8. The van der Waals surface area contributed by atoms with Gasteiger partial charge in [-0.1, -0.05) is 53.0 Å². The van der Waals surface area contributed by atoms with Gasteiger partial charge >= 0.3 is 0 Å². The molecule has 0 amide bonds. The van der Waals surface area contributed by atoms with Crippen molar-refractivity contribution in [1.29, 1.82) is 0 Å². The van der Waals surface area contributed by atoms with Crippen LogP contribution in [0.2, 0.25) is 0 Å². The smallest absolute Gasteiger partial charge is 0.158 e. The summed E-state index contributed by atoms with van der Waals surface area (Å²) >= 11 is 3.47. The molecule has 0 radical (unpaired) electrons. The first kappa shape index (κ1) is 11.6. The molecule has 16 heavy (non-hydrogen) atoms. The summed E-state index contributed by atoms with van der Waals surface area (Å²) in [7, 11) is 0. The molecule has 2 rings (SSSR count). The Morgan fingerprint density at radius 1 is 1.25 bits per heavy atom. The lowest BCUT2D eigenvalue weighted by molar-refractivity contribution is -0.117. The zero-order valence-corrected chi connectivity index (χ0v) is 10.7. The van der Waals surface area contributed by atoms with E-state index in [0.717, 1.165) is 22.9 Å². The lowest BCUT2D eigenvalue weighted by Gasteiger charge is -2.02. The number of rotatable bonds is 3. The average molecular weight is 279 g/mol. The van der Waals surface area contributed by atoms with Gasteiger partial charge in [-0.05, 0) is 30.5 Å². The van der Waals surface area contributed by atoms with Crippen LogP contribution in [0.15, 0.2) is 34.8 Å². The number of allylic oxidation sites excluding steroid dienone is 1. The van der Waals surface area contributed by atoms with Crippen molar-refractivity contribution in [1.82, 2.24) is 0 Å². The van der Waals surface area contributed by atoms with E-state index in [4.69, 9.17) is 0 Å². The fourth-order valence-electron chi connectivity index (χ4n) is 2.13. The highest BCUT2D eigenvalue weighted by Crippen LogP contribution is 2.26. The standard InChI is InChI=1S/C14H15BrO/c15-13-8-4-3-5-11(13)9-10-14(16)12-6-1-2-7-12/h3-5,8-10,12H,1-2,6-7H2. The van der Waals surface area contributed by atoms with Gasteiger partial charge in [-0.2, -0.15) is 0 Å². The van der Waals surface area contributed by atoms with Crippen LogP contribution in [0.3, 0.4) is 0 Å². The Morgan fingerprint density at radius 3 is 2.62 bits per heavy atom. The number of benzene rings is 1. The molecule has 0 atom stereocenters. The van der Waals surface area contributed by atoms with Gasteiger partial charge in [-0.3, -0.25) is 4.79 Å². The molecule has 1 aromatic carbocycles. The first-order valence-corrected chi connectivity index (χ1v) is 6.53. The zero-order chi connectivity index (χ0) is 11.4. The lowest BCUT2D eigenvalue weighted by Crippen LogP contribution is -2.06. The average Bonchev–Trinajstić information content (AvgIpc) is 2.81. The quantitative estimate of drug-likeness (QED) is 0.757. The first-order chi connectivity index (χ1) is 7.77. The van der Waals surface area contributed by atoms with E-state index < -0.39 is 0 Å². The van der Waals surface area contributed by atoms with Crippen molar-refractivity contribution in [3.63, 3.8) is 0 Å². The largest absolute Gasteiger partial charge is 0.295 e. The molecular weight excluding hydrogens is 264 g/mol. The maximum Gasteiger partial charge on any atom is 0.158 e. The third-order valence-electron chi connectivity index (χ3n) is 3.09. The van der Waals surface area contributed by atoms with Crippen LogP contribution in [0.25, 0.3) is 6.08 Å². The summed E-state index contributed by atoms with van der Waals surface area (Å²) in [5.74, 6) is 0.562. The van der Waals surface area contributed by atoms with E-state index in [1.54, 1.807) is 6.08 Å². The molecule has 1 fully saturated rings. The molecule has 1 aromatic rings. The van der Waals surface area contributed by atoms with Crippen molar-refractivity contribution in [3.8, 4) is 0 Å². The van der Waals surface area contributed by atoms with Gasteiger partial charge in [0.15, 0.2) is 5.78 Å².